The fraction of sp³-hybridized carbons (Fsp3) is 0.500. The second-order valence-electron chi connectivity index (χ2n) is 6.28. The monoisotopic (exact) mass is 328 g/mol. The molecule has 0 aliphatic heterocycles. The zero-order valence-electron chi connectivity index (χ0n) is 14.8. The molecule has 0 spiro atoms. The number of hydrogen-bond acceptors (Lipinski definition) is 3. The summed E-state index contributed by atoms with van der Waals surface area (Å²) in [5, 5.41) is 13.5. The van der Waals surface area contributed by atoms with Crippen LogP contribution < -0.4 is 10.6 Å². The van der Waals surface area contributed by atoms with Crippen LogP contribution in [0.4, 0.5) is 0 Å². The van der Waals surface area contributed by atoms with Crippen LogP contribution in [0, 0.1) is 5.92 Å². The fourth-order valence-electron chi connectivity index (χ4n) is 2.46. The molecular weight excluding hydrogens is 300 g/mol. The van der Waals surface area contributed by atoms with Crippen molar-refractivity contribution >= 4 is 5.96 Å². The molecule has 1 aromatic heterocycles. The molecule has 130 valence electrons. The maximum absolute atomic E-state index is 4.27. The Morgan fingerprint density at radius 2 is 2.12 bits per heavy atom. The Balaban J connectivity index is 1.78. The fourth-order valence-corrected chi connectivity index (χ4v) is 2.46. The minimum absolute atomic E-state index is 0.716. The molecule has 1 aromatic carbocycles. The van der Waals surface area contributed by atoms with Crippen LogP contribution in [-0.4, -0.2) is 34.7 Å². The third kappa shape index (κ3) is 6.02. The highest BCUT2D eigenvalue weighted by Crippen LogP contribution is 2.15. The van der Waals surface area contributed by atoms with Gasteiger partial charge in [-0.2, -0.15) is 5.10 Å². The van der Waals surface area contributed by atoms with Gasteiger partial charge in [0.2, 0.25) is 0 Å². The Morgan fingerprint density at radius 3 is 2.83 bits per heavy atom. The standard InChI is InChI=1S/C18H28N6/c1-14(2)7-4-5-10-20-18(19-3)21-12-15-8-6-9-16(11-15)17-22-13-23-24-17/h6,8-9,11,13-14H,4-5,7,10,12H2,1-3H3,(H2,19,20,21)(H,22,23,24). The SMILES string of the molecule is CN=C(NCCCCC(C)C)NCc1cccc(-c2ncn[nH]2)c1. The van der Waals surface area contributed by atoms with Gasteiger partial charge < -0.3 is 10.6 Å². The molecule has 0 amide bonds. The molecule has 0 fully saturated rings. The minimum atomic E-state index is 0.716. The number of unbranched alkanes of at least 4 members (excludes halogenated alkanes) is 1. The van der Waals surface area contributed by atoms with Crippen molar-refractivity contribution in [3.05, 3.63) is 36.2 Å². The van der Waals surface area contributed by atoms with Gasteiger partial charge in [-0.25, -0.2) is 4.98 Å². The van der Waals surface area contributed by atoms with E-state index in [1.165, 1.54) is 31.2 Å². The summed E-state index contributed by atoms with van der Waals surface area (Å²) in [5.74, 6) is 2.40. The normalized spacial score (nSPS) is 11.8. The first-order chi connectivity index (χ1) is 11.7. The highest BCUT2D eigenvalue weighted by atomic mass is 15.2. The van der Waals surface area contributed by atoms with Crippen molar-refractivity contribution in [1.29, 1.82) is 0 Å². The van der Waals surface area contributed by atoms with E-state index in [4.69, 9.17) is 0 Å². The molecule has 2 aromatic rings. The van der Waals surface area contributed by atoms with E-state index in [0.717, 1.165) is 29.8 Å². The Kier molecular flexibility index (Phi) is 7.26. The summed E-state index contributed by atoms with van der Waals surface area (Å²) in [7, 11) is 1.80. The van der Waals surface area contributed by atoms with E-state index in [9.17, 15) is 0 Å². The van der Waals surface area contributed by atoms with Gasteiger partial charge in [0.1, 0.15) is 6.33 Å². The van der Waals surface area contributed by atoms with Crippen molar-refractivity contribution in [2.24, 2.45) is 10.9 Å². The molecule has 0 aliphatic rings. The molecule has 24 heavy (non-hydrogen) atoms. The maximum atomic E-state index is 4.27. The molecule has 0 saturated carbocycles. The van der Waals surface area contributed by atoms with Crippen molar-refractivity contribution in [1.82, 2.24) is 25.8 Å². The summed E-state index contributed by atoms with van der Waals surface area (Å²) in [6.45, 7) is 6.19. The maximum Gasteiger partial charge on any atom is 0.191 e. The summed E-state index contributed by atoms with van der Waals surface area (Å²) in [6.07, 6.45) is 5.22. The van der Waals surface area contributed by atoms with Crippen LogP contribution in [0.15, 0.2) is 35.6 Å². The first-order valence-corrected chi connectivity index (χ1v) is 8.58. The summed E-state index contributed by atoms with van der Waals surface area (Å²) in [6, 6.07) is 8.23. The quantitative estimate of drug-likeness (QED) is 0.395. The van der Waals surface area contributed by atoms with Gasteiger partial charge in [-0.05, 0) is 24.0 Å². The van der Waals surface area contributed by atoms with Crippen LogP contribution in [0.2, 0.25) is 0 Å². The van der Waals surface area contributed by atoms with Crippen molar-refractivity contribution in [2.75, 3.05) is 13.6 Å². The van der Waals surface area contributed by atoms with Gasteiger partial charge in [0, 0.05) is 25.7 Å². The molecule has 3 N–H and O–H groups in total. The number of benzene rings is 1. The molecule has 0 aliphatic carbocycles. The van der Waals surface area contributed by atoms with Gasteiger partial charge in [-0.1, -0.05) is 44.9 Å². The lowest BCUT2D eigenvalue weighted by molar-refractivity contribution is 0.534. The van der Waals surface area contributed by atoms with Crippen LogP contribution in [0.3, 0.4) is 0 Å². The van der Waals surface area contributed by atoms with Crippen molar-refractivity contribution < 1.29 is 0 Å². The van der Waals surface area contributed by atoms with Gasteiger partial charge in [-0.15, -0.1) is 0 Å². The van der Waals surface area contributed by atoms with Crippen LogP contribution in [0.25, 0.3) is 11.4 Å². The van der Waals surface area contributed by atoms with Gasteiger partial charge in [0.05, 0.1) is 0 Å². The van der Waals surface area contributed by atoms with E-state index >= 15 is 0 Å². The predicted molar refractivity (Wildman–Crippen MR) is 98.7 cm³/mol. The highest BCUT2D eigenvalue weighted by molar-refractivity contribution is 5.79. The second-order valence-corrected chi connectivity index (χ2v) is 6.28. The van der Waals surface area contributed by atoms with Gasteiger partial charge in [0.15, 0.2) is 11.8 Å². The zero-order valence-corrected chi connectivity index (χ0v) is 14.8. The average molecular weight is 328 g/mol. The molecule has 6 nitrogen and oxygen atoms in total. The van der Waals surface area contributed by atoms with Gasteiger partial charge >= 0.3 is 0 Å². The van der Waals surface area contributed by atoms with Crippen molar-refractivity contribution in [2.45, 2.75) is 39.7 Å². The zero-order chi connectivity index (χ0) is 17.2. The minimum Gasteiger partial charge on any atom is -0.356 e. The lowest BCUT2D eigenvalue weighted by Crippen LogP contribution is -2.37. The number of nitrogens with one attached hydrogen (secondary N) is 3. The molecule has 0 unspecified atom stereocenters. The number of guanidine groups is 1. The van der Waals surface area contributed by atoms with E-state index in [0.29, 0.717) is 6.54 Å². The Hall–Kier alpha value is -2.37. The molecule has 1 heterocycles. The van der Waals surface area contributed by atoms with Crippen molar-refractivity contribution in [3.8, 4) is 11.4 Å². The smallest absolute Gasteiger partial charge is 0.191 e. The number of nitrogens with zero attached hydrogens (tertiary/aromatic N) is 3. The summed E-state index contributed by atoms with van der Waals surface area (Å²) < 4.78 is 0. The third-order valence-electron chi connectivity index (χ3n) is 3.80. The predicted octanol–water partition coefficient (Wildman–Crippen LogP) is 2.96. The number of hydrogen-bond donors (Lipinski definition) is 3. The van der Waals surface area contributed by atoms with E-state index in [1.807, 2.05) is 12.1 Å². The molecule has 0 atom stereocenters. The van der Waals surface area contributed by atoms with Gasteiger partial charge in [0.25, 0.3) is 0 Å². The molecular formula is C18H28N6. The van der Waals surface area contributed by atoms with Crippen LogP contribution >= 0.6 is 0 Å². The number of aliphatic imine (C=N–C) groups is 1. The molecule has 0 bridgehead atoms. The Bertz CT molecular complexity index is 618. The third-order valence-corrected chi connectivity index (χ3v) is 3.80. The highest BCUT2D eigenvalue weighted by Gasteiger charge is 2.03. The van der Waals surface area contributed by atoms with Crippen LogP contribution in [0.1, 0.15) is 38.7 Å². The first-order valence-electron chi connectivity index (χ1n) is 8.58. The van der Waals surface area contributed by atoms with E-state index in [2.05, 4.69) is 56.8 Å². The van der Waals surface area contributed by atoms with Crippen LogP contribution in [0.5, 0.6) is 0 Å². The van der Waals surface area contributed by atoms with Crippen LogP contribution in [-0.2, 0) is 6.54 Å². The lowest BCUT2D eigenvalue weighted by atomic mass is 10.1. The number of rotatable bonds is 8. The molecule has 0 saturated heterocycles. The summed E-state index contributed by atoms with van der Waals surface area (Å²) in [4.78, 5) is 8.46. The largest absolute Gasteiger partial charge is 0.356 e. The lowest BCUT2D eigenvalue weighted by Gasteiger charge is -2.12. The van der Waals surface area contributed by atoms with Gasteiger partial charge in [-0.3, -0.25) is 10.1 Å². The second kappa shape index (κ2) is 9.70. The van der Waals surface area contributed by atoms with E-state index in [-0.39, 0.29) is 0 Å². The Morgan fingerprint density at radius 1 is 1.25 bits per heavy atom. The number of aromatic nitrogens is 3. The Labute approximate surface area is 144 Å². The molecule has 0 radical (unpaired) electrons. The topological polar surface area (TPSA) is 78.0 Å². The molecule has 6 heteroatoms. The van der Waals surface area contributed by atoms with Crippen molar-refractivity contribution in [3.63, 3.8) is 0 Å². The molecule has 2 rings (SSSR count). The first kappa shape index (κ1) is 18.0. The average Bonchev–Trinajstić information content (AvgIpc) is 3.12. The van der Waals surface area contributed by atoms with E-state index < -0.39 is 0 Å². The number of H-pyrrole nitrogens is 1. The number of aromatic amines is 1. The summed E-state index contributed by atoms with van der Waals surface area (Å²) in [5.41, 5.74) is 2.20. The van der Waals surface area contributed by atoms with E-state index in [1.54, 1.807) is 7.05 Å². The summed E-state index contributed by atoms with van der Waals surface area (Å²) >= 11 is 0.